The van der Waals surface area contributed by atoms with Crippen LogP contribution in [0.5, 0.6) is 0 Å². The third-order valence-corrected chi connectivity index (χ3v) is 13.4. The average molecular weight is 677 g/mol. The molecule has 4 saturated heterocycles. The molecule has 0 aromatic carbocycles. The van der Waals surface area contributed by atoms with Crippen LogP contribution in [-0.2, 0) is 37.9 Å². The summed E-state index contributed by atoms with van der Waals surface area (Å²) >= 11 is 0. The van der Waals surface area contributed by atoms with Crippen LogP contribution in [0.2, 0.25) is 0 Å². The maximum Gasteiger partial charge on any atom is 0.104 e. The van der Waals surface area contributed by atoms with Crippen LogP contribution in [0.3, 0.4) is 0 Å². The Hall–Kier alpha value is -0.320. The molecule has 0 N–H and O–H groups in total. The summed E-state index contributed by atoms with van der Waals surface area (Å²) in [6, 6.07) is 0. The van der Waals surface area contributed by atoms with Gasteiger partial charge in [0.25, 0.3) is 0 Å². The highest BCUT2D eigenvalue weighted by Gasteiger charge is 2.41. The van der Waals surface area contributed by atoms with Crippen molar-refractivity contribution in [3.05, 3.63) is 0 Å². The minimum atomic E-state index is 0.401. The highest BCUT2D eigenvalue weighted by Crippen LogP contribution is 2.49. The number of rotatable bonds is 16. The van der Waals surface area contributed by atoms with Gasteiger partial charge in [-0.15, -0.1) is 0 Å². The van der Waals surface area contributed by atoms with E-state index < -0.39 is 0 Å². The van der Waals surface area contributed by atoms with Crippen molar-refractivity contribution in [3.8, 4) is 0 Å². The van der Waals surface area contributed by atoms with E-state index in [1.807, 2.05) is 0 Å². The van der Waals surface area contributed by atoms with Crippen LogP contribution >= 0.6 is 0 Å². The minimum Gasteiger partial charge on any atom is -0.375 e. The van der Waals surface area contributed by atoms with Gasteiger partial charge in [0.15, 0.2) is 0 Å². The zero-order chi connectivity index (χ0) is 32.8. The second-order valence-corrected chi connectivity index (χ2v) is 17.4. The van der Waals surface area contributed by atoms with Crippen molar-refractivity contribution in [3.63, 3.8) is 0 Å². The first-order valence-electron chi connectivity index (χ1n) is 20.4. The summed E-state index contributed by atoms with van der Waals surface area (Å²) in [5.74, 6) is 3.59. The van der Waals surface area contributed by atoms with E-state index in [-0.39, 0.29) is 0 Å². The topological polar surface area (TPSA) is 87.0 Å². The molecular weight excluding hydrogens is 608 g/mol. The van der Waals surface area contributed by atoms with Crippen LogP contribution in [0.4, 0.5) is 0 Å². The van der Waals surface area contributed by atoms with Gasteiger partial charge in [0.2, 0.25) is 0 Å². The van der Waals surface area contributed by atoms with Gasteiger partial charge in [-0.1, -0.05) is 13.8 Å². The minimum absolute atomic E-state index is 0.401. The number of hydrogen-bond donors (Lipinski definition) is 0. The van der Waals surface area contributed by atoms with Crippen molar-refractivity contribution in [1.29, 1.82) is 0 Å². The van der Waals surface area contributed by atoms with Crippen LogP contribution in [0, 0.1) is 29.1 Å². The Kier molecular flexibility index (Phi) is 13.1. The summed E-state index contributed by atoms with van der Waals surface area (Å²) in [6.07, 6.45) is 25.8. The maximum atomic E-state index is 6.03. The normalized spacial score (nSPS) is 42.4. The molecule has 4 saturated carbocycles. The zero-order valence-electron chi connectivity index (χ0n) is 30.4. The summed E-state index contributed by atoms with van der Waals surface area (Å²) in [5.41, 5.74) is 0.454. The van der Waals surface area contributed by atoms with E-state index in [2.05, 4.69) is 13.8 Å². The van der Waals surface area contributed by atoms with Crippen molar-refractivity contribution in [2.24, 2.45) is 29.1 Å². The molecule has 48 heavy (non-hydrogen) atoms. The van der Waals surface area contributed by atoms with Crippen molar-refractivity contribution >= 4 is 0 Å². The fraction of sp³-hybridized carbons (Fsp3) is 1.00. The molecule has 4 heterocycles. The number of hydrogen-bond acceptors (Lipinski definition) is 8. The molecule has 8 aliphatic rings. The molecule has 0 amide bonds. The van der Waals surface area contributed by atoms with Crippen molar-refractivity contribution in [2.45, 2.75) is 172 Å². The average Bonchev–Trinajstić information content (AvgIpc) is 3.94. The van der Waals surface area contributed by atoms with Gasteiger partial charge < -0.3 is 37.9 Å². The summed E-state index contributed by atoms with van der Waals surface area (Å²) in [4.78, 5) is 0. The second-order valence-electron chi connectivity index (χ2n) is 17.4. The summed E-state index contributed by atoms with van der Waals surface area (Å²) < 4.78 is 44.9. The van der Waals surface area contributed by atoms with Gasteiger partial charge in [0.05, 0.1) is 77.3 Å². The van der Waals surface area contributed by atoms with Gasteiger partial charge in [-0.3, -0.25) is 0 Å². The van der Waals surface area contributed by atoms with E-state index in [0.29, 0.717) is 54.2 Å². The third kappa shape index (κ3) is 11.9. The van der Waals surface area contributed by atoms with E-state index in [1.54, 1.807) is 0 Å². The number of ether oxygens (including phenoxy) is 8. The van der Waals surface area contributed by atoms with Gasteiger partial charge in [-0.2, -0.15) is 0 Å². The molecule has 8 fully saturated rings. The van der Waals surface area contributed by atoms with Crippen LogP contribution in [-0.4, -0.2) is 102 Å². The molecule has 0 aromatic heterocycles. The molecule has 0 spiro atoms. The molecule has 4 unspecified atom stereocenters. The Balaban J connectivity index is 0.000000152. The molecule has 8 rings (SSSR count). The first kappa shape index (κ1) is 36.1. The lowest BCUT2D eigenvalue weighted by molar-refractivity contribution is -0.0387. The quantitative estimate of drug-likeness (QED) is 0.158. The highest BCUT2D eigenvalue weighted by molar-refractivity contribution is 4.91. The van der Waals surface area contributed by atoms with E-state index in [1.165, 1.54) is 109 Å². The van der Waals surface area contributed by atoms with Crippen LogP contribution in [0.1, 0.15) is 123 Å². The Morgan fingerprint density at radius 2 is 0.646 bits per heavy atom. The highest BCUT2D eigenvalue weighted by atomic mass is 16.6. The van der Waals surface area contributed by atoms with Crippen LogP contribution in [0.25, 0.3) is 0 Å². The van der Waals surface area contributed by atoms with E-state index in [4.69, 9.17) is 37.9 Å². The lowest BCUT2D eigenvalue weighted by atomic mass is 9.60. The summed E-state index contributed by atoms with van der Waals surface area (Å²) in [7, 11) is 0. The Bertz CT molecular complexity index is 842. The van der Waals surface area contributed by atoms with Crippen molar-refractivity contribution < 1.29 is 37.9 Å². The summed E-state index contributed by atoms with van der Waals surface area (Å²) in [6.45, 7) is 12.0. The van der Waals surface area contributed by atoms with Crippen molar-refractivity contribution in [1.82, 2.24) is 0 Å². The molecule has 0 bridgehead atoms. The van der Waals surface area contributed by atoms with Gasteiger partial charge in [0.1, 0.15) is 24.4 Å². The Morgan fingerprint density at radius 3 is 0.896 bits per heavy atom. The zero-order valence-corrected chi connectivity index (χ0v) is 30.4. The van der Waals surface area contributed by atoms with Gasteiger partial charge >= 0.3 is 0 Å². The lowest BCUT2D eigenvalue weighted by Crippen LogP contribution is -2.39. The molecular formula is C40H68O8. The van der Waals surface area contributed by atoms with Gasteiger partial charge in [-0.05, 0) is 138 Å². The van der Waals surface area contributed by atoms with Crippen LogP contribution < -0.4 is 0 Å². The fourth-order valence-corrected chi connectivity index (χ4v) is 9.45. The molecule has 4 aliphatic carbocycles. The molecule has 8 nitrogen and oxygen atoms in total. The molecule has 0 radical (unpaired) electrons. The predicted octanol–water partition coefficient (Wildman–Crippen LogP) is 7.29. The molecule has 276 valence electrons. The lowest BCUT2D eigenvalue weighted by Gasteiger charge is -2.46. The monoisotopic (exact) mass is 676 g/mol. The molecule has 4 atom stereocenters. The van der Waals surface area contributed by atoms with Crippen molar-refractivity contribution in [2.75, 3.05) is 52.9 Å². The van der Waals surface area contributed by atoms with E-state index in [9.17, 15) is 0 Å². The van der Waals surface area contributed by atoms with Crippen LogP contribution in [0.15, 0.2) is 0 Å². The second kappa shape index (κ2) is 17.5. The first-order valence-corrected chi connectivity index (χ1v) is 20.4. The third-order valence-electron chi connectivity index (χ3n) is 13.4. The molecule has 4 aliphatic heterocycles. The predicted molar refractivity (Wildman–Crippen MR) is 184 cm³/mol. The standard InChI is InChI=1S/C21H36O4.C19H32O4/c1-21(2,15-3-7-17(8-4-15)22-11-19-13-24-19)16-5-9-18(10-6-16)23-12-20-14-25-20;1-5-16(20-10-18-12-22-18)6-2-14(1)9-15-3-7-17(8-4-15)21-11-19-13-23-19/h15-20H,3-14H2,1-2H3;14-19H,1-13H2. The fourth-order valence-electron chi connectivity index (χ4n) is 9.45. The Labute approximate surface area is 291 Å². The first-order chi connectivity index (χ1) is 23.5. The smallest absolute Gasteiger partial charge is 0.104 e. The number of epoxide rings is 4. The molecule has 0 aromatic rings. The van der Waals surface area contributed by atoms with Gasteiger partial charge in [-0.25, -0.2) is 0 Å². The van der Waals surface area contributed by atoms with E-state index >= 15 is 0 Å². The van der Waals surface area contributed by atoms with Gasteiger partial charge in [0, 0.05) is 0 Å². The molecule has 8 heteroatoms. The maximum absolute atomic E-state index is 6.03. The Morgan fingerprint density at radius 1 is 0.396 bits per heavy atom. The summed E-state index contributed by atoms with van der Waals surface area (Å²) in [5, 5.41) is 0. The SMILES string of the molecule is C1CC(OCC2CO2)CCC1CC1CCC(OCC2CO2)CC1.CC(C)(C1CCC(OCC2CO2)CC1)C1CCC(OCC2CO2)CC1. The van der Waals surface area contributed by atoms with E-state index in [0.717, 1.165) is 76.5 Å². The largest absolute Gasteiger partial charge is 0.375 e.